The van der Waals surface area contributed by atoms with Gasteiger partial charge in [0.1, 0.15) is 0 Å². The molecular weight excluding hydrogens is 475 g/mol. The smallest absolute Gasteiger partial charge is 0.380 e. The van der Waals surface area contributed by atoms with Crippen molar-refractivity contribution >= 4 is 51.6 Å². The molecule has 0 saturated carbocycles. The first kappa shape index (κ1) is 23.0. The number of fused-ring (bicyclic) bond motifs is 2. The van der Waals surface area contributed by atoms with Crippen molar-refractivity contribution in [1.29, 1.82) is 0 Å². The molecule has 2 bridgehead atoms. The fourth-order valence-corrected chi connectivity index (χ4v) is 8.86. The van der Waals surface area contributed by atoms with Gasteiger partial charge in [-0.25, -0.2) is 0 Å². The van der Waals surface area contributed by atoms with E-state index in [4.69, 9.17) is 16.3 Å². The number of nitrogens with one attached hydrogen (secondary N) is 2. The maximum Gasteiger partial charge on any atom is 0.417 e. The van der Waals surface area contributed by atoms with E-state index in [2.05, 4.69) is 14.9 Å². The minimum absolute atomic E-state index is 0.0156. The van der Waals surface area contributed by atoms with Crippen LogP contribution in [0.15, 0.2) is 11.0 Å². The quantitative estimate of drug-likeness (QED) is 0.612. The molecule has 1 atom stereocenters. The number of rotatable bonds is 4. The molecule has 1 aromatic rings. The van der Waals surface area contributed by atoms with Crippen LogP contribution in [-0.4, -0.2) is 60.7 Å². The van der Waals surface area contributed by atoms with Gasteiger partial charge in [-0.2, -0.15) is 13.2 Å². The Morgan fingerprint density at radius 1 is 1.39 bits per heavy atom. The first-order chi connectivity index (χ1) is 14.6. The fourth-order valence-electron chi connectivity index (χ4n) is 4.16. The standard InChI is InChI=1S/C19H23ClF3N3O3S2/c1-31(10-26-4-2-18(3-5-26)7-29-8-18)11-30-16-14(20)13(19(21,22)23)6-12(17(28)25-31)15(16)24-9-27/h6,9H,2-5,7-8,10-11H2,1H3,(H,24,27)(H,25,28). The molecule has 0 aliphatic carbocycles. The molecule has 4 rings (SSSR count). The molecule has 12 heteroatoms. The topological polar surface area (TPSA) is 70.7 Å². The Bertz CT molecular complexity index is 904. The number of piperidine rings is 1. The number of hydrogen-bond donors (Lipinski definition) is 2. The van der Waals surface area contributed by atoms with Gasteiger partial charge in [0.2, 0.25) is 6.41 Å². The highest BCUT2D eigenvalue weighted by Crippen LogP contribution is 2.53. The zero-order valence-corrected chi connectivity index (χ0v) is 19.2. The predicted molar refractivity (Wildman–Crippen MR) is 117 cm³/mol. The Kier molecular flexibility index (Phi) is 6.19. The second kappa shape index (κ2) is 8.33. The summed E-state index contributed by atoms with van der Waals surface area (Å²) in [5.41, 5.74) is -1.00. The minimum atomic E-state index is -4.72. The van der Waals surface area contributed by atoms with Crippen molar-refractivity contribution < 1.29 is 27.5 Å². The number of carbonyl (C=O) groups excluding carboxylic acids is 2. The molecule has 6 nitrogen and oxygen atoms in total. The second-order valence-corrected chi connectivity index (χ2v) is 13.5. The number of benzene rings is 1. The molecule has 2 saturated heterocycles. The zero-order chi connectivity index (χ0) is 22.4. The van der Waals surface area contributed by atoms with Gasteiger partial charge in [0.15, 0.2) is 0 Å². The number of hydrogen-bond acceptors (Lipinski definition) is 5. The van der Waals surface area contributed by atoms with Gasteiger partial charge in [-0.3, -0.25) is 14.5 Å². The van der Waals surface area contributed by atoms with Crippen LogP contribution in [-0.2, 0) is 15.7 Å². The summed E-state index contributed by atoms with van der Waals surface area (Å²) in [4.78, 5) is 26.5. The van der Waals surface area contributed by atoms with Crippen LogP contribution in [0.25, 0.3) is 0 Å². The van der Waals surface area contributed by atoms with Crippen molar-refractivity contribution in [2.24, 2.45) is 5.41 Å². The van der Waals surface area contributed by atoms with E-state index in [0.29, 0.717) is 22.8 Å². The lowest BCUT2D eigenvalue weighted by Gasteiger charge is -2.50. The lowest BCUT2D eigenvalue weighted by atomic mass is 9.77. The Hall–Kier alpha value is -1.14. The largest absolute Gasteiger partial charge is 0.417 e. The van der Waals surface area contributed by atoms with Crippen LogP contribution in [0.3, 0.4) is 0 Å². The van der Waals surface area contributed by atoms with Crippen LogP contribution in [0.2, 0.25) is 5.02 Å². The van der Waals surface area contributed by atoms with E-state index < -0.39 is 32.9 Å². The van der Waals surface area contributed by atoms with Gasteiger partial charge in [-0.1, -0.05) is 11.6 Å². The van der Waals surface area contributed by atoms with Gasteiger partial charge in [-0.15, -0.1) is 22.0 Å². The van der Waals surface area contributed by atoms with Crippen LogP contribution in [0.4, 0.5) is 18.9 Å². The monoisotopic (exact) mass is 497 g/mol. The summed E-state index contributed by atoms with van der Waals surface area (Å²) in [7, 11) is -1.73. The average Bonchev–Trinajstić information content (AvgIpc) is 2.65. The summed E-state index contributed by atoms with van der Waals surface area (Å²) >= 11 is 7.26. The van der Waals surface area contributed by atoms with Crippen LogP contribution >= 0.6 is 33.6 Å². The first-order valence-electron chi connectivity index (χ1n) is 9.68. The Balaban J connectivity index is 1.59. The van der Waals surface area contributed by atoms with Gasteiger partial charge in [0, 0.05) is 16.4 Å². The number of carbonyl (C=O) groups is 2. The third kappa shape index (κ3) is 4.52. The summed E-state index contributed by atoms with van der Waals surface area (Å²) in [6.07, 6.45) is -0.341. The normalized spacial score (nSPS) is 28.0. The van der Waals surface area contributed by atoms with E-state index >= 15 is 0 Å². The molecule has 31 heavy (non-hydrogen) atoms. The van der Waals surface area contributed by atoms with Crippen molar-refractivity contribution in [2.45, 2.75) is 23.9 Å². The highest BCUT2D eigenvalue weighted by Gasteiger charge is 2.43. The Morgan fingerprint density at radius 2 is 2.06 bits per heavy atom. The molecule has 3 heterocycles. The molecule has 1 aromatic carbocycles. The lowest BCUT2D eigenvalue weighted by molar-refractivity contribution is -0.138. The van der Waals surface area contributed by atoms with Gasteiger partial charge in [0.05, 0.1) is 39.9 Å². The number of nitrogens with zero attached hydrogens (tertiary/aromatic N) is 1. The highest BCUT2D eigenvalue weighted by atomic mass is 35.5. The highest BCUT2D eigenvalue weighted by molar-refractivity contribution is 8.38. The van der Waals surface area contributed by atoms with Crippen LogP contribution in [0.1, 0.15) is 28.8 Å². The molecule has 172 valence electrons. The number of ether oxygens (including phenoxy) is 1. The van der Waals surface area contributed by atoms with Crippen molar-refractivity contribution in [1.82, 2.24) is 9.62 Å². The summed E-state index contributed by atoms with van der Waals surface area (Å²) < 4.78 is 48.8. The molecule has 1 spiro atoms. The average molecular weight is 498 g/mol. The second-order valence-electron chi connectivity index (χ2n) is 8.46. The maximum atomic E-state index is 13.5. The molecule has 2 N–H and O–H groups in total. The van der Waals surface area contributed by atoms with Crippen molar-refractivity contribution in [2.75, 3.05) is 48.8 Å². The number of likely N-dealkylation sites (tertiary alicyclic amines) is 1. The van der Waals surface area contributed by atoms with E-state index in [9.17, 15) is 22.8 Å². The lowest BCUT2D eigenvalue weighted by Crippen LogP contribution is -2.52. The molecule has 3 aliphatic rings. The van der Waals surface area contributed by atoms with Crippen LogP contribution < -0.4 is 10.0 Å². The predicted octanol–water partition coefficient (Wildman–Crippen LogP) is 4.14. The molecule has 2 amide bonds. The van der Waals surface area contributed by atoms with E-state index in [1.807, 2.05) is 6.26 Å². The summed E-state index contributed by atoms with van der Waals surface area (Å²) in [6, 6.07) is 0.722. The van der Waals surface area contributed by atoms with Crippen molar-refractivity contribution in [3.05, 3.63) is 22.2 Å². The van der Waals surface area contributed by atoms with Crippen LogP contribution in [0, 0.1) is 5.41 Å². The van der Waals surface area contributed by atoms with Gasteiger partial charge >= 0.3 is 6.18 Å². The Morgan fingerprint density at radius 3 is 2.61 bits per heavy atom. The van der Waals surface area contributed by atoms with Gasteiger partial charge in [-0.05, 0) is 38.3 Å². The van der Waals surface area contributed by atoms with E-state index in [1.165, 1.54) is 0 Å². The molecular formula is C19H23ClF3N3O3S2. The maximum absolute atomic E-state index is 13.5. The number of anilines is 1. The number of thioether (sulfide) groups is 1. The zero-order valence-electron chi connectivity index (χ0n) is 16.8. The molecule has 2 fully saturated rings. The van der Waals surface area contributed by atoms with Crippen LogP contribution in [0.5, 0.6) is 0 Å². The van der Waals surface area contributed by atoms with E-state index in [0.717, 1.165) is 57.0 Å². The minimum Gasteiger partial charge on any atom is -0.380 e. The third-order valence-electron chi connectivity index (χ3n) is 5.98. The van der Waals surface area contributed by atoms with Gasteiger partial charge in [0.25, 0.3) is 5.91 Å². The number of amides is 2. The summed E-state index contributed by atoms with van der Waals surface area (Å²) in [5, 5.41) is 2.26. The van der Waals surface area contributed by atoms with E-state index in [1.54, 1.807) is 0 Å². The summed E-state index contributed by atoms with van der Waals surface area (Å²) in [5.74, 6) is 0.0130. The van der Waals surface area contributed by atoms with Gasteiger partial charge < -0.3 is 14.8 Å². The fraction of sp³-hybridized carbons (Fsp3) is 0.579. The first-order valence-corrected chi connectivity index (χ1v) is 13.4. The SMILES string of the molecule is CS1(CN2CCC3(CC2)COC3)CSc2c(Cl)c(C(F)(F)F)cc(c2NC=O)C(=O)N1. The molecule has 1 unspecified atom stereocenters. The summed E-state index contributed by atoms with van der Waals surface area (Å²) in [6.45, 7) is 3.40. The molecule has 3 aliphatic heterocycles. The number of alkyl halides is 3. The molecule has 0 aromatic heterocycles. The Labute approximate surface area is 189 Å². The number of halogens is 4. The van der Waals surface area contributed by atoms with E-state index in [-0.39, 0.29) is 16.1 Å². The third-order valence-corrected chi connectivity index (χ3v) is 11.3. The van der Waals surface area contributed by atoms with Crippen molar-refractivity contribution in [3.63, 3.8) is 0 Å². The van der Waals surface area contributed by atoms with Crippen molar-refractivity contribution in [3.8, 4) is 0 Å². The molecule has 0 radical (unpaired) electrons.